The number of nitrogens with zero attached hydrogens (tertiary/aromatic N) is 1. The maximum atomic E-state index is 10.7. The Morgan fingerprint density at radius 2 is 1.82 bits per heavy atom. The van der Waals surface area contributed by atoms with Crippen molar-refractivity contribution >= 4 is 10.1 Å². The highest BCUT2D eigenvalue weighted by molar-refractivity contribution is 7.86. The fraction of sp³-hybridized carbons (Fsp3) is 0.444. The van der Waals surface area contributed by atoms with Crippen LogP contribution in [0.1, 0.15) is 12.6 Å². The third-order valence-corrected chi connectivity index (χ3v) is 2.36. The van der Waals surface area contributed by atoms with Crippen LogP contribution >= 0.6 is 0 Å². The van der Waals surface area contributed by atoms with Gasteiger partial charge in [-0.2, -0.15) is 13.2 Å². The Bertz CT molecular complexity index is 457. The Hall–Kier alpha value is -1.15. The van der Waals surface area contributed by atoms with Crippen LogP contribution in [0, 0.1) is 6.92 Å². The van der Waals surface area contributed by atoms with E-state index >= 15 is 0 Å². The molecule has 0 aliphatic heterocycles. The van der Waals surface area contributed by atoms with Crippen molar-refractivity contribution in [3.8, 4) is 0 Å². The van der Waals surface area contributed by atoms with E-state index in [1.807, 2.05) is 0 Å². The first-order valence-electron chi connectivity index (χ1n) is 4.56. The van der Waals surface area contributed by atoms with Crippen molar-refractivity contribution < 1.29 is 30.7 Å². The third-order valence-electron chi connectivity index (χ3n) is 1.79. The number of aromatic nitrogens is 1. The molecule has 0 aromatic carbocycles. The SMILES string of the molecule is CC[n+]1ccccc1C.O=S(=O)([O-])C(F)(F)F. The van der Waals surface area contributed by atoms with Crippen LogP contribution in [-0.4, -0.2) is 18.5 Å². The summed E-state index contributed by atoms with van der Waals surface area (Å²) in [5.74, 6) is 0. The van der Waals surface area contributed by atoms with Crippen LogP contribution in [0.4, 0.5) is 13.2 Å². The Morgan fingerprint density at radius 1 is 1.35 bits per heavy atom. The van der Waals surface area contributed by atoms with E-state index in [2.05, 4.69) is 42.8 Å². The lowest BCUT2D eigenvalue weighted by Crippen LogP contribution is -2.34. The largest absolute Gasteiger partial charge is 0.741 e. The molecule has 4 nitrogen and oxygen atoms in total. The molecule has 0 N–H and O–H groups in total. The fourth-order valence-electron chi connectivity index (χ4n) is 0.917. The lowest BCUT2D eigenvalue weighted by atomic mass is 10.4. The first-order chi connectivity index (χ1) is 7.59. The smallest absolute Gasteiger partial charge is 0.485 e. The van der Waals surface area contributed by atoms with E-state index in [4.69, 9.17) is 13.0 Å². The van der Waals surface area contributed by atoms with Gasteiger partial charge in [0.25, 0.3) is 0 Å². The molecule has 0 aliphatic carbocycles. The van der Waals surface area contributed by atoms with Gasteiger partial charge in [-0.3, -0.25) is 0 Å². The molecule has 0 bridgehead atoms. The minimum absolute atomic E-state index is 1.06. The summed E-state index contributed by atoms with van der Waals surface area (Å²) >= 11 is 0. The van der Waals surface area contributed by atoms with Crippen LogP contribution in [0.15, 0.2) is 24.4 Å². The number of alkyl halides is 3. The highest BCUT2D eigenvalue weighted by Gasteiger charge is 2.36. The molecule has 98 valence electrons. The van der Waals surface area contributed by atoms with Gasteiger partial charge in [-0.05, 0) is 6.92 Å². The molecular weight excluding hydrogens is 259 g/mol. The van der Waals surface area contributed by atoms with Crippen LogP contribution < -0.4 is 4.57 Å². The van der Waals surface area contributed by atoms with Gasteiger partial charge in [-0.25, -0.2) is 13.0 Å². The molecule has 0 fully saturated rings. The summed E-state index contributed by atoms with van der Waals surface area (Å²) in [6.07, 6.45) is 2.09. The van der Waals surface area contributed by atoms with Crippen molar-refractivity contribution in [3.05, 3.63) is 30.1 Å². The molecule has 0 amide bonds. The van der Waals surface area contributed by atoms with Crippen molar-refractivity contribution in [1.29, 1.82) is 0 Å². The summed E-state index contributed by atoms with van der Waals surface area (Å²) in [6.45, 7) is 5.32. The summed E-state index contributed by atoms with van der Waals surface area (Å²) in [4.78, 5) is 0. The number of pyridine rings is 1. The van der Waals surface area contributed by atoms with E-state index in [1.165, 1.54) is 5.69 Å². The van der Waals surface area contributed by atoms with Crippen molar-refractivity contribution in [2.75, 3.05) is 0 Å². The van der Waals surface area contributed by atoms with E-state index in [-0.39, 0.29) is 0 Å². The van der Waals surface area contributed by atoms with Crippen molar-refractivity contribution in [1.82, 2.24) is 0 Å². The molecule has 17 heavy (non-hydrogen) atoms. The predicted molar refractivity (Wildman–Crippen MR) is 52.8 cm³/mol. The minimum atomic E-state index is -6.09. The van der Waals surface area contributed by atoms with Crippen molar-refractivity contribution in [2.24, 2.45) is 0 Å². The average molecular weight is 271 g/mol. The molecule has 1 aromatic rings. The molecule has 0 spiro atoms. The quantitative estimate of drug-likeness (QED) is 0.440. The lowest BCUT2D eigenvalue weighted by molar-refractivity contribution is -0.699. The zero-order chi connectivity index (χ0) is 13.7. The van der Waals surface area contributed by atoms with Crippen LogP contribution in [0.2, 0.25) is 0 Å². The number of halogens is 3. The minimum Gasteiger partial charge on any atom is -0.741 e. The third kappa shape index (κ3) is 5.64. The molecular formula is C9H12F3NO3S. The highest BCUT2D eigenvalue weighted by atomic mass is 32.2. The lowest BCUT2D eigenvalue weighted by Gasteiger charge is -2.08. The zero-order valence-electron chi connectivity index (χ0n) is 9.23. The molecule has 1 aromatic heterocycles. The summed E-state index contributed by atoms with van der Waals surface area (Å²) in [7, 11) is -6.09. The van der Waals surface area contributed by atoms with Gasteiger partial charge in [0.2, 0.25) is 0 Å². The number of hydrogen-bond donors (Lipinski definition) is 0. The molecule has 0 saturated carbocycles. The van der Waals surface area contributed by atoms with E-state index in [1.54, 1.807) is 0 Å². The number of aryl methyl sites for hydroxylation is 2. The van der Waals surface area contributed by atoms with E-state index in [0.717, 1.165) is 6.54 Å². The maximum Gasteiger partial charge on any atom is 0.485 e. The Morgan fingerprint density at radius 3 is 2.06 bits per heavy atom. The number of hydrogen-bond acceptors (Lipinski definition) is 3. The molecule has 1 rings (SSSR count). The van der Waals surface area contributed by atoms with E-state index in [9.17, 15) is 13.2 Å². The average Bonchev–Trinajstić information content (AvgIpc) is 2.16. The first kappa shape index (κ1) is 15.9. The Labute approximate surface area is 97.5 Å². The van der Waals surface area contributed by atoms with Crippen molar-refractivity contribution in [2.45, 2.75) is 25.9 Å². The van der Waals surface area contributed by atoms with Gasteiger partial charge < -0.3 is 4.55 Å². The van der Waals surface area contributed by atoms with Crippen molar-refractivity contribution in [3.63, 3.8) is 0 Å². The van der Waals surface area contributed by atoms with Crippen LogP contribution in [0.3, 0.4) is 0 Å². The fourth-order valence-corrected chi connectivity index (χ4v) is 0.917. The number of rotatable bonds is 1. The first-order valence-corrected chi connectivity index (χ1v) is 5.97. The van der Waals surface area contributed by atoms with E-state index in [0.29, 0.717) is 0 Å². The van der Waals surface area contributed by atoms with Gasteiger partial charge >= 0.3 is 5.51 Å². The van der Waals surface area contributed by atoms with Gasteiger partial charge in [0.1, 0.15) is 6.54 Å². The van der Waals surface area contributed by atoms with Gasteiger partial charge in [-0.15, -0.1) is 0 Å². The topological polar surface area (TPSA) is 61.1 Å². The monoisotopic (exact) mass is 271 g/mol. The standard InChI is InChI=1S/C8H12N.CHF3O3S/c1-3-9-7-5-4-6-8(9)2;2-1(3,4)8(5,6)7/h4-7H,3H2,1-2H3;(H,5,6,7)/q+1;/p-1. The molecule has 0 saturated heterocycles. The Kier molecular flexibility index (Phi) is 5.56. The van der Waals surface area contributed by atoms with Crippen LogP contribution in [-0.2, 0) is 16.7 Å². The second kappa shape index (κ2) is 5.97. The summed E-state index contributed by atoms with van der Waals surface area (Å²) in [5.41, 5.74) is -4.33. The molecule has 8 heteroatoms. The van der Waals surface area contributed by atoms with Gasteiger partial charge in [0.15, 0.2) is 22.0 Å². The maximum absolute atomic E-state index is 10.7. The zero-order valence-corrected chi connectivity index (χ0v) is 10.0. The second-order valence-electron chi connectivity index (χ2n) is 3.03. The van der Waals surface area contributed by atoms with E-state index < -0.39 is 15.6 Å². The molecule has 0 atom stereocenters. The van der Waals surface area contributed by atoms with Crippen LogP contribution in [0.25, 0.3) is 0 Å². The molecule has 0 unspecified atom stereocenters. The Balaban J connectivity index is 0.000000304. The summed E-state index contributed by atoms with van der Waals surface area (Å²) in [6, 6.07) is 6.22. The summed E-state index contributed by atoms with van der Waals surface area (Å²) < 4.78 is 61.1. The predicted octanol–water partition coefficient (Wildman–Crippen LogP) is 1.35. The molecule has 0 aliphatic rings. The van der Waals surface area contributed by atoms with Crippen LogP contribution in [0.5, 0.6) is 0 Å². The summed E-state index contributed by atoms with van der Waals surface area (Å²) in [5, 5.41) is 0. The van der Waals surface area contributed by atoms with Gasteiger partial charge in [-0.1, -0.05) is 6.07 Å². The highest BCUT2D eigenvalue weighted by Crippen LogP contribution is 2.20. The second-order valence-corrected chi connectivity index (χ2v) is 4.40. The molecule has 1 heterocycles. The normalized spacial score (nSPS) is 11.6. The van der Waals surface area contributed by atoms with Gasteiger partial charge in [0, 0.05) is 19.1 Å². The molecule has 0 radical (unpaired) electrons. The van der Waals surface area contributed by atoms with Gasteiger partial charge in [0.05, 0.1) is 0 Å².